The molecule has 0 bridgehead atoms. The Balaban J connectivity index is 1.65. The lowest BCUT2D eigenvalue weighted by Crippen LogP contribution is -2.45. The second-order valence-electron chi connectivity index (χ2n) is 10.6. The van der Waals surface area contributed by atoms with Crippen LogP contribution in [0.2, 0.25) is 0 Å². The van der Waals surface area contributed by atoms with Crippen LogP contribution in [0.1, 0.15) is 85.5 Å². The molecular weight excluding hydrogens is 364 g/mol. The van der Waals surface area contributed by atoms with E-state index >= 15 is 0 Å². The standard InChI is InChI=1S/C25H40O4/c1-17-6-11-22-24(2,3)12-5-13-25(22,4)20(17)9-7-18(15-26)8-10-21(27)19-14-23(28)29-16-19/h8,19,21-22,26-27H,5-7,9-16H2,1-4H3. The van der Waals surface area contributed by atoms with Gasteiger partial charge in [-0.1, -0.05) is 44.4 Å². The number of fused-ring (bicyclic) bond motifs is 1. The smallest absolute Gasteiger partial charge is 0.306 e. The van der Waals surface area contributed by atoms with E-state index in [1.807, 2.05) is 6.08 Å². The number of allylic oxidation sites excluding steroid dienone is 2. The van der Waals surface area contributed by atoms with Crippen molar-refractivity contribution < 1.29 is 19.7 Å². The molecule has 3 rings (SSSR count). The van der Waals surface area contributed by atoms with E-state index in [2.05, 4.69) is 27.7 Å². The van der Waals surface area contributed by atoms with Gasteiger partial charge in [-0.25, -0.2) is 0 Å². The molecule has 164 valence electrons. The van der Waals surface area contributed by atoms with E-state index in [1.165, 1.54) is 32.1 Å². The molecule has 0 aromatic rings. The van der Waals surface area contributed by atoms with Crippen LogP contribution < -0.4 is 0 Å². The normalized spacial score (nSPS) is 33.4. The summed E-state index contributed by atoms with van der Waals surface area (Å²) in [6.07, 6.45) is 10.4. The van der Waals surface area contributed by atoms with Gasteiger partial charge in [0.15, 0.2) is 0 Å². The first kappa shape index (κ1) is 22.6. The Kier molecular flexibility index (Phi) is 6.95. The van der Waals surface area contributed by atoms with Crippen LogP contribution in [0.4, 0.5) is 0 Å². The lowest BCUT2D eigenvalue weighted by atomic mass is 9.50. The molecule has 0 aromatic carbocycles. The van der Waals surface area contributed by atoms with Crippen LogP contribution in [-0.4, -0.2) is 35.5 Å². The Labute approximate surface area is 176 Å². The summed E-state index contributed by atoms with van der Waals surface area (Å²) in [5.41, 5.74) is 4.86. The van der Waals surface area contributed by atoms with Crippen molar-refractivity contribution in [2.75, 3.05) is 13.2 Å². The maximum atomic E-state index is 11.3. The van der Waals surface area contributed by atoms with E-state index in [1.54, 1.807) is 11.1 Å². The second-order valence-corrected chi connectivity index (χ2v) is 10.6. The molecule has 4 atom stereocenters. The van der Waals surface area contributed by atoms with Gasteiger partial charge in [0.25, 0.3) is 0 Å². The third-order valence-corrected chi connectivity index (χ3v) is 8.22. The van der Waals surface area contributed by atoms with Gasteiger partial charge in [-0.3, -0.25) is 4.79 Å². The van der Waals surface area contributed by atoms with Crippen LogP contribution in [0.3, 0.4) is 0 Å². The second kappa shape index (κ2) is 8.93. The monoisotopic (exact) mass is 404 g/mol. The van der Waals surface area contributed by atoms with Crippen molar-refractivity contribution in [1.29, 1.82) is 0 Å². The van der Waals surface area contributed by atoms with E-state index in [0.29, 0.717) is 24.9 Å². The van der Waals surface area contributed by atoms with Gasteiger partial charge in [0, 0.05) is 5.92 Å². The number of aliphatic hydroxyl groups is 2. The average Bonchev–Trinajstić information content (AvgIpc) is 3.09. The number of esters is 1. The highest BCUT2D eigenvalue weighted by Gasteiger charge is 2.49. The van der Waals surface area contributed by atoms with Gasteiger partial charge in [0.2, 0.25) is 0 Å². The summed E-state index contributed by atoms with van der Waals surface area (Å²) in [6, 6.07) is 0. The molecule has 0 amide bonds. The quantitative estimate of drug-likeness (QED) is 0.466. The van der Waals surface area contributed by atoms with E-state index in [0.717, 1.165) is 24.3 Å². The maximum Gasteiger partial charge on any atom is 0.306 e. The Hall–Kier alpha value is -1.13. The highest BCUT2D eigenvalue weighted by atomic mass is 16.5. The number of cyclic esters (lactones) is 1. The molecule has 2 fully saturated rings. The summed E-state index contributed by atoms with van der Waals surface area (Å²) in [5, 5.41) is 20.2. The van der Waals surface area contributed by atoms with E-state index in [9.17, 15) is 15.0 Å². The van der Waals surface area contributed by atoms with Crippen molar-refractivity contribution in [2.45, 2.75) is 91.6 Å². The molecule has 4 heteroatoms. The molecule has 0 radical (unpaired) electrons. The summed E-state index contributed by atoms with van der Waals surface area (Å²) in [5.74, 6) is 0.398. The predicted molar refractivity (Wildman–Crippen MR) is 115 cm³/mol. The van der Waals surface area contributed by atoms with Crippen molar-refractivity contribution in [2.24, 2.45) is 22.7 Å². The van der Waals surface area contributed by atoms with Crippen LogP contribution in [0.5, 0.6) is 0 Å². The first-order valence-electron chi connectivity index (χ1n) is 11.5. The first-order valence-corrected chi connectivity index (χ1v) is 11.5. The number of carbonyl (C=O) groups is 1. The molecular formula is C25H40O4. The highest BCUT2D eigenvalue weighted by Crippen LogP contribution is 2.60. The minimum atomic E-state index is -0.584. The average molecular weight is 405 g/mol. The number of hydrogen-bond donors (Lipinski definition) is 2. The lowest BCUT2D eigenvalue weighted by molar-refractivity contribution is -0.137. The van der Waals surface area contributed by atoms with Crippen LogP contribution in [0.15, 0.2) is 22.8 Å². The van der Waals surface area contributed by atoms with E-state index in [-0.39, 0.29) is 23.9 Å². The van der Waals surface area contributed by atoms with Gasteiger partial charge >= 0.3 is 5.97 Å². The third kappa shape index (κ3) is 4.80. The Morgan fingerprint density at radius 2 is 2.07 bits per heavy atom. The molecule has 1 aliphatic heterocycles. The maximum absolute atomic E-state index is 11.3. The van der Waals surface area contributed by atoms with Crippen LogP contribution in [0.25, 0.3) is 0 Å². The largest absolute Gasteiger partial charge is 0.465 e. The summed E-state index contributed by atoms with van der Waals surface area (Å²) < 4.78 is 4.96. The molecule has 4 nitrogen and oxygen atoms in total. The van der Waals surface area contributed by atoms with E-state index in [4.69, 9.17) is 4.74 Å². The summed E-state index contributed by atoms with van der Waals surface area (Å²) in [6.45, 7) is 10.0. The number of ether oxygens (including phenoxy) is 1. The molecule has 1 saturated heterocycles. The van der Waals surface area contributed by atoms with Gasteiger partial charge < -0.3 is 14.9 Å². The molecule has 4 unspecified atom stereocenters. The zero-order valence-electron chi connectivity index (χ0n) is 18.8. The van der Waals surface area contributed by atoms with Gasteiger partial charge in [-0.05, 0) is 74.2 Å². The molecule has 0 aromatic heterocycles. The molecule has 3 aliphatic rings. The number of hydrogen-bond acceptors (Lipinski definition) is 4. The summed E-state index contributed by atoms with van der Waals surface area (Å²) in [7, 11) is 0. The van der Waals surface area contributed by atoms with Crippen molar-refractivity contribution in [3.8, 4) is 0 Å². The SMILES string of the molecule is CC1=C(CCC(=CCC(O)C2COC(=O)C2)CO)C2(C)CCCC(C)(C)C2CC1. The van der Waals surface area contributed by atoms with Gasteiger partial charge in [0.1, 0.15) is 0 Å². The topological polar surface area (TPSA) is 66.8 Å². The van der Waals surface area contributed by atoms with Crippen molar-refractivity contribution in [1.82, 2.24) is 0 Å². The number of carbonyl (C=O) groups excluding carboxylic acids is 1. The zero-order chi connectivity index (χ0) is 21.2. The van der Waals surface area contributed by atoms with Gasteiger partial charge in [-0.15, -0.1) is 0 Å². The van der Waals surface area contributed by atoms with Gasteiger partial charge in [-0.2, -0.15) is 0 Å². The zero-order valence-corrected chi connectivity index (χ0v) is 18.8. The van der Waals surface area contributed by atoms with Crippen LogP contribution >= 0.6 is 0 Å². The highest BCUT2D eigenvalue weighted by molar-refractivity contribution is 5.71. The molecule has 29 heavy (non-hydrogen) atoms. The Morgan fingerprint density at radius 3 is 2.72 bits per heavy atom. The van der Waals surface area contributed by atoms with Crippen LogP contribution in [-0.2, 0) is 9.53 Å². The molecule has 2 N–H and O–H groups in total. The number of aliphatic hydroxyl groups excluding tert-OH is 2. The molecule has 0 spiro atoms. The minimum Gasteiger partial charge on any atom is -0.465 e. The molecule has 1 saturated carbocycles. The summed E-state index contributed by atoms with van der Waals surface area (Å²) >= 11 is 0. The Morgan fingerprint density at radius 1 is 1.31 bits per heavy atom. The fourth-order valence-electron chi connectivity index (χ4n) is 6.48. The Bertz CT molecular complexity index is 674. The predicted octanol–water partition coefficient (Wildman–Crippen LogP) is 4.94. The summed E-state index contributed by atoms with van der Waals surface area (Å²) in [4.78, 5) is 11.3. The van der Waals surface area contributed by atoms with Gasteiger partial charge in [0.05, 0.1) is 25.7 Å². The van der Waals surface area contributed by atoms with Crippen molar-refractivity contribution in [3.05, 3.63) is 22.8 Å². The van der Waals surface area contributed by atoms with Crippen molar-refractivity contribution >= 4 is 5.97 Å². The molecule has 2 aliphatic carbocycles. The minimum absolute atomic E-state index is 0.0325. The first-order chi connectivity index (χ1) is 13.7. The number of rotatable bonds is 7. The third-order valence-electron chi connectivity index (χ3n) is 8.22. The fourth-order valence-corrected chi connectivity index (χ4v) is 6.48. The fraction of sp³-hybridized carbons (Fsp3) is 0.800. The van der Waals surface area contributed by atoms with E-state index < -0.39 is 6.10 Å². The molecule has 1 heterocycles. The van der Waals surface area contributed by atoms with Crippen molar-refractivity contribution in [3.63, 3.8) is 0 Å². The van der Waals surface area contributed by atoms with Crippen LogP contribution in [0, 0.1) is 22.7 Å². The lowest BCUT2D eigenvalue weighted by Gasteiger charge is -2.55.